The van der Waals surface area contributed by atoms with Gasteiger partial charge in [0.25, 0.3) is 5.91 Å². The fraction of sp³-hybridized carbons (Fsp3) is 0.158. The van der Waals surface area contributed by atoms with Crippen molar-refractivity contribution in [2.45, 2.75) is 19.9 Å². The molecule has 1 N–H and O–H groups in total. The summed E-state index contributed by atoms with van der Waals surface area (Å²) in [4.78, 5) is 12.3. The summed E-state index contributed by atoms with van der Waals surface area (Å²) in [6, 6.07) is 17.5. The molecule has 2 aromatic carbocycles. The summed E-state index contributed by atoms with van der Waals surface area (Å²) in [6.07, 6.45) is 2.65. The smallest absolute Gasteiger partial charge is 0.256 e. The number of nitrogens with zero attached hydrogens (tertiary/aromatic N) is 2. The van der Waals surface area contributed by atoms with Gasteiger partial charge in [-0.25, -0.2) is 0 Å². The number of benzene rings is 2. The Bertz CT molecular complexity index is 826. The molecule has 0 aliphatic rings. The third-order valence-electron chi connectivity index (χ3n) is 3.76. The second kappa shape index (κ2) is 7.32. The number of aryl methyl sites for hydroxylation is 1. The molecule has 1 amide bonds. The Morgan fingerprint density at radius 1 is 1.08 bits per heavy atom. The van der Waals surface area contributed by atoms with E-state index in [1.165, 1.54) is 5.56 Å². The maximum absolute atomic E-state index is 12.3. The predicted molar refractivity (Wildman–Crippen MR) is 96.6 cm³/mol. The van der Waals surface area contributed by atoms with Crippen LogP contribution in [0.3, 0.4) is 0 Å². The fourth-order valence-corrected chi connectivity index (χ4v) is 2.60. The summed E-state index contributed by atoms with van der Waals surface area (Å²) in [6.45, 7) is 2.68. The van der Waals surface area contributed by atoms with E-state index in [1.54, 1.807) is 10.9 Å². The largest absolute Gasteiger partial charge is 0.304 e. The molecule has 0 fully saturated rings. The summed E-state index contributed by atoms with van der Waals surface area (Å²) in [7, 11) is 0. The molecule has 24 heavy (non-hydrogen) atoms. The van der Waals surface area contributed by atoms with Crippen LogP contribution in [-0.4, -0.2) is 15.7 Å². The van der Waals surface area contributed by atoms with Crippen molar-refractivity contribution in [3.63, 3.8) is 0 Å². The van der Waals surface area contributed by atoms with Gasteiger partial charge in [-0.15, -0.1) is 0 Å². The van der Waals surface area contributed by atoms with Gasteiger partial charge in [0.2, 0.25) is 0 Å². The zero-order valence-electron chi connectivity index (χ0n) is 13.4. The number of nitrogens with one attached hydrogen (secondary N) is 1. The molecule has 5 heteroatoms. The van der Waals surface area contributed by atoms with E-state index in [2.05, 4.69) is 17.3 Å². The quantitative estimate of drug-likeness (QED) is 0.749. The first-order valence-corrected chi connectivity index (χ1v) is 8.20. The molecule has 0 saturated carbocycles. The maximum Gasteiger partial charge on any atom is 0.256 e. The first kappa shape index (κ1) is 16.3. The number of aromatic nitrogens is 2. The standard InChI is InChI=1S/C19H18ClN3O/c1-2-14-8-10-16(11-9-14)19(24)21-18-17(20)13-23(22-18)12-15-6-4-3-5-7-15/h3-11,13H,2,12H2,1H3,(H,21,22,24). The average molecular weight is 340 g/mol. The van der Waals surface area contributed by atoms with Crippen LogP contribution in [0, 0.1) is 0 Å². The molecule has 0 unspecified atom stereocenters. The molecule has 4 nitrogen and oxygen atoms in total. The van der Waals surface area contributed by atoms with Gasteiger partial charge in [0.15, 0.2) is 5.82 Å². The number of hydrogen-bond donors (Lipinski definition) is 1. The summed E-state index contributed by atoms with van der Waals surface area (Å²) in [5.74, 6) is 0.154. The van der Waals surface area contributed by atoms with Gasteiger partial charge in [0.1, 0.15) is 5.02 Å². The highest BCUT2D eigenvalue weighted by molar-refractivity contribution is 6.33. The second-order valence-electron chi connectivity index (χ2n) is 5.51. The second-order valence-corrected chi connectivity index (χ2v) is 5.92. The van der Waals surface area contributed by atoms with Crippen molar-refractivity contribution in [3.05, 3.63) is 82.5 Å². The summed E-state index contributed by atoms with van der Waals surface area (Å²) in [5, 5.41) is 7.55. The zero-order chi connectivity index (χ0) is 16.9. The molecular weight excluding hydrogens is 322 g/mol. The molecule has 0 aliphatic heterocycles. The Morgan fingerprint density at radius 2 is 1.79 bits per heavy atom. The highest BCUT2D eigenvalue weighted by Crippen LogP contribution is 2.21. The molecule has 0 aliphatic carbocycles. The first-order chi connectivity index (χ1) is 11.7. The van der Waals surface area contributed by atoms with E-state index in [0.29, 0.717) is 22.9 Å². The molecule has 122 valence electrons. The van der Waals surface area contributed by atoms with E-state index in [1.807, 2.05) is 54.6 Å². The number of halogens is 1. The number of anilines is 1. The summed E-state index contributed by atoms with van der Waals surface area (Å²) in [5.41, 5.74) is 2.89. The van der Waals surface area contributed by atoms with Gasteiger partial charge in [-0.3, -0.25) is 9.48 Å². The van der Waals surface area contributed by atoms with Crippen LogP contribution in [0.15, 0.2) is 60.8 Å². The van der Waals surface area contributed by atoms with Crippen LogP contribution < -0.4 is 5.32 Å². The molecule has 1 aromatic heterocycles. The molecule has 0 bridgehead atoms. The van der Waals surface area contributed by atoms with Crippen molar-refractivity contribution >= 4 is 23.3 Å². The van der Waals surface area contributed by atoms with E-state index in [-0.39, 0.29) is 5.91 Å². The van der Waals surface area contributed by atoms with E-state index in [9.17, 15) is 4.79 Å². The molecule has 0 spiro atoms. The Labute approximate surface area is 146 Å². The van der Waals surface area contributed by atoms with E-state index in [4.69, 9.17) is 11.6 Å². The molecular formula is C19H18ClN3O. The lowest BCUT2D eigenvalue weighted by Crippen LogP contribution is -2.13. The minimum atomic E-state index is -0.218. The van der Waals surface area contributed by atoms with Crippen LogP contribution in [0.25, 0.3) is 0 Å². The predicted octanol–water partition coefficient (Wildman–Crippen LogP) is 4.40. The van der Waals surface area contributed by atoms with Crippen LogP contribution >= 0.6 is 11.6 Å². The van der Waals surface area contributed by atoms with Crippen LogP contribution in [0.5, 0.6) is 0 Å². The Morgan fingerprint density at radius 3 is 2.46 bits per heavy atom. The van der Waals surface area contributed by atoms with Gasteiger partial charge in [0, 0.05) is 11.8 Å². The molecule has 3 rings (SSSR count). The van der Waals surface area contributed by atoms with Crippen LogP contribution in [0.4, 0.5) is 5.82 Å². The van der Waals surface area contributed by atoms with Gasteiger partial charge in [0.05, 0.1) is 6.54 Å². The Balaban J connectivity index is 1.71. The van der Waals surface area contributed by atoms with Crippen LogP contribution in [0.2, 0.25) is 5.02 Å². The number of rotatable bonds is 5. The van der Waals surface area contributed by atoms with Crippen molar-refractivity contribution in [1.82, 2.24) is 9.78 Å². The lowest BCUT2D eigenvalue weighted by molar-refractivity contribution is 0.102. The Hall–Kier alpha value is -2.59. The summed E-state index contributed by atoms with van der Waals surface area (Å²) >= 11 is 6.19. The van der Waals surface area contributed by atoms with Crippen molar-refractivity contribution in [3.8, 4) is 0 Å². The number of carbonyl (C=O) groups is 1. The van der Waals surface area contributed by atoms with E-state index < -0.39 is 0 Å². The molecule has 3 aromatic rings. The average Bonchev–Trinajstić information content (AvgIpc) is 2.95. The minimum Gasteiger partial charge on any atom is -0.304 e. The van der Waals surface area contributed by atoms with Gasteiger partial charge >= 0.3 is 0 Å². The third kappa shape index (κ3) is 3.84. The van der Waals surface area contributed by atoms with Crippen molar-refractivity contribution in [2.24, 2.45) is 0 Å². The number of hydrogen-bond acceptors (Lipinski definition) is 2. The fourth-order valence-electron chi connectivity index (χ4n) is 2.40. The minimum absolute atomic E-state index is 0.218. The lowest BCUT2D eigenvalue weighted by atomic mass is 10.1. The SMILES string of the molecule is CCc1ccc(C(=O)Nc2nn(Cc3ccccc3)cc2Cl)cc1. The van der Waals surface area contributed by atoms with Crippen LogP contribution in [0.1, 0.15) is 28.4 Å². The third-order valence-corrected chi connectivity index (χ3v) is 4.04. The van der Waals surface area contributed by atoms with Gasteiger partial charge in [-0.05, 0) is 29.7 Å². The first-order valence-electron chi connectivity index (χ1n) is 7.83. The molecule has 0 atom stereocenters. The van der Waals surface area contributed by atoms with E-state index >= 15 is 0 Å². The van der Waals surface area contributed by atoms with Crippen molar-refractivity contribution in [1.29, 1.82) is 0 Å². The highest BCUT2D eigenvalue weighted by atomic mass is 35.5. The topological polar surface area (TPSA) is 46.9 Å². The Kier molecular flexibility index (Phi) is 4.96. The van der Waals surface area contributed by atoms with Crippen LogP contribution in [-0.2, 0) is 13.0 Å². The van der Waals surface area contributed by atoms with Crippen molar-refractivity contribution in [2.75, 3.05) is 5.32 Å². The van der Waals surface area contributed by atoms with Gasteiger partial charge in [-0.1, -0.05) is 61.0 Å². The molecule has 0 radical (unpaired) electrons. The number of carbonyl (C=O) groups excluding carboxylic acids is 1. The maximum atomic E-state index is 12.3. The monoisotopic (exact) mass is 339 g/mol. The van der Waals surface area contributed by atoms with Gasteiger partial charge in [-0.2, -0.15) is 5.10 Å². The van der Waals surface area contributed by atoms with Crippen molar-refractivity contribution < 1.29 is 4.79 Å². The molecule has 0 saturated heterocycles. The summed E-state index contributed by atoms with van der Waals surface area (Å²) < 4.78 is 1.72. The molecule has 1 heterocycles. The number of amides is 1. The lowest BCUT2D eigenvalue weighted by Gasteiger charge is -2.04. The zero-order valence-corrected chi connectivity index (χ0v) is 14.1. The van der Waals surface area contributed by atoms with Gasteiger partial charge < -0.3 is 5.32 Å². The normalized spacial score (nSPS) is 10.6. The van der Waals surface area contributed by atoms with E-state index in [0.717, 1.165) is 12.0 Å². The highest BCUT2D eigenvalue weighted by Gasteiger charge is 2.12.